The van der Waals surface area contributed by atoms with Crippen LogP contribution in [0.25, 0.3) is 11.1 Å². The van der Waals surface area contributed by atoms with Crippen LogP contribution in [0.2, 0.25) is 0 Å². The Morgan fingerprint density at radius 1 is 1.07 bits per heavy atom. The fourth-order valence-electron chi connectivity index (χ4n) is 2.88. The van der Waals surface area contributed by atoms with Gasteiger partial charge in [-0.2, -0.15) is 4.73 Å². The van der Waals surface area contributed by atoms with Crippen molar-refractivity contribution in [1.82, 2.24) is 0 Å². The molecule has 0 amide bonds. The van der Waals surface area contributed by atoms with Crippen LogP contribution in [0.15, 0.2) is 53.0 Å². The van der Waals surface area contributed by atoms with E-state index in [1.807, 2.05) is 0 Å². The van der Waals surface area contributed by atoms with Crippen molar-refractivity contribution in [2.24, 2.45) is 0 Å². The fourth-order valence-corrected chi connectivity index (χ4v) is 3.84. The van der Waals surface area contributed by atoms with Gasteiger partial charge in [0.15, 0.2) is 23.0 Å². The average Bonchev–Trinajstić information content (AvgIpc) is 2.68. The van der Waals surface area contributed by atoms with Crippen LogP contribution in [0.5, 0.6) is 11.5 Å². The molecule has 6 nitrogen and oxygen atoms in total. The number of sulfonamides is 1. The summed E-state index contributed by atoms with van der Waals surface area (Å²) in [5.41, 5.74) is 2.42. The van der Waals surface area contributed by atoms with Gasteiger partial charge < -0.3 is 9.94 Å². The predicted molar refractivity (Wildman–Crippen MR) is 118 cm³/mol. The van der Waals surface area contributed by atoms with Crippen molar-refractivity contribution in [1.29, 1.82) is 0 Å². The molecule has 1 heterocycles. The van der Waals surface area contributed by atoms with E-state index in [9.17, 15) is 18.0 Å². The Bertz CT molecular complexity index is 1190. The number of aromatic nitrogens is 1. The molecule has 0 unspecified atom stereocenters. The molecule has 9 heteroatoms. The Balaban J connectivity index is 2.14. The highest BCUT2D eigenvalue weighted by Crippen LogP contribution is 2.37. The van der Waals surface area contributed by atoms with Gasteiger partial charge in [-0.15, -0.1) is 0 Å². The van der Waals surface area contributed by atoms with Crippen molar-refractivity contribution in [3.05, 3.63) is 75.4 Å². The molecule has 30 heavy (non-hydrogen) atoms. The van der Waals surface area contributed by atoms with Crippen molar-refractivity contribution < 1.29 is 22.3 Å². The molecule has 0 aliphatic carbocycles. The second kappa shape index (κ2) is 8.61. The molecule has 2 aromatic carbocycles. The van der Waals surface area contributed by atoms with E-state index >= 15 is 0 Å². The van der Waals surface area contributed by atoms with E-state index < -0.39 is 15.8 Å². The normalized spacial score (nSPS) is 11.4. The summed E-state index contributed by atoms with van der Waals surface area (Å²) in [7, 11) is -3.49. The van der Waals surface area contributed by atoms with Gasteiger partial charge >= 0.3 is 0 Å². The molecule has 1 aromatic heterocycles. The fraction of sp³-hybridized carbons (Fsp3) is 0.190. The lowest BCUT2D eigenvalue weighted by Gasteiger charge is -2.15. The highest BCUT2D eigenvalue weighted by atomic mass is 79.9. The van der Waals surface area contributed by atoms with Crippen LogP contribution in [0.4, 0.5) is 10.1 Å². The van der Waals surface area contributed by atoms with Crippen LogP contribution in [0.3, 0.4) is 0 Å². The van der Waals surface area contributed by atoms with E-state index in [2.05, 4.69) is 20.7 Å². The molecule has 0 saturated carbocycles. The standard InChI is InChI=1S/C21H20BrFN2O4S/c1-4-30(27,28)24-17-6-8-20(29-21-7-5-16(22)11-19(21)23)18(12-17)15-9-13(2)25(26)14(3)10-15/h5-12,24H,4H2,1-3H3. The quantitative estimate of drug-likeness (QED) is 0.383. The Labute approximate surface area is 183 Å². The SMILES string of the molecule is CCS(=O)(=O)Nc1ccc(Oc2ccc(Br)cc2F)c(-c2cc(C)[n+]([O-])c(C)c2)c1. The zero-order valence-electron chi connectivity index (χ0n) is 16.6. The van der Waals surface area contributed by atoms with Crippen molar-refractivity contribution in [2.75, 3.05) is 10.5 Å². The van der Waals surface area contributed by atoms with Gasteiger partial charge in [0.25, 0.3) is 0 Å². The topological polar surface area (TPSA) is 82.3 Å². The van der Waals surface area contributed by atoms with E-state index in [0.29, 0.717) is 38.4 Å². The Morgan fingerprint density at radius 3 is 2.30 bits per heavy atom. The third-order valence-corrected chi connectivity index (χ3v) is 6.23. The van der Waals surface area contributed by atoms with Gasteiger partial charge in [0, 0.05) is 41.7 Å². The van der Waals surface area contributed by atoms with E-state index in [0.717, 1.165) is 4.73 Å². The molecule has 0 atom stereocenters. The smallest absolute Gasteiger partial charge is 0.232 e. The van der Waals surface area contributed by atoms with E-state index in [1.54, 1.807) is 50.2 Å². The van der Waals surface area contributed by atoms with Crippen LogP contribution >= 0.6 is 15.9 Å². The first-order valence-electron chi connectivity index (χ1n) is 9.08. The summed E-state index contributed by atoms with van der Waals surface area (Å²) in [4.78, 5) is 0. The molecule has 158 valence electrons. The third-order valence-electron chi connectivity index (χ3n) is 4.43. The van der Waals surface area contributed by atoms with Gasteiger partial charge in [-0.1, -0.05) is 15.9 Å². The number of hydrogen-bond donors (Lipinski definition) is 1. The zero-order chi connectivity index (χ0) is 22.1. The number of hydrogen-bond acceptors (Lipinski definition) is 4. The Hall–Kier alpha value is -2.65. The minimum atomic E-state index is -3.49. The van der Waals surface area contributed by atoms with Gasteiger partial charge in [0.2, 0.25) is 10.0 Å². The second-order valence-electron chi connectivity index (χ2n) is 6.71. The first kappa shape index (κ1) is 22.0. The van der Waals surface area contributed by atoms with Crippen molar-refractivity contribution in [2.45, 2.75) is 20.8 Å². The zero-order valence-corrected chi connectivity index (χ0v) is 19.0. The van der Waals surface area contributed by atoms with Crippen molar-refractivity contribution in [3.8, 4) is 22.6 Å². The highest BCUT2D eigenvalue weighted by molar-refractivity contribution is 9.10. The second-order valence-corrected chi connectivity index (χ2v) is 9.64. The summed E-state index contributed by atoms with van der Waals surface area (Å²) < 4.78 is 47.9. The predicted octanol–water partition coefficient (Wildman–Crippen LogP) is 5.06. The molecule has 0 bridgehead atoms. The van der Waals surface area contributed by atoms with Crippen LogP contribution < -0.4 is 14.2 Å². The highest BCUT2D eigenvalue weighted by Gasteiger charge is 2.17. The van der Waals surface area contributed by atoms with E-state index in [-0.39, 0.29) is 11.5 Å². The molecule has 0 aliphatic heterocycles. The number of aryl methyl sites for hydroxylation is 2. The van der Waals surface area contributed by atoms with Crippen LogP contribution in [0.1, 0.15) is 18.3 Å². The molecule has 3 aromatic rings. The molecule has 0 aliphatic rings. The summed E-state index contributed by atoms with van der Waals surface area (Å²) in [5, 5.41) is 12.0. The first-order chi connectivity index (χ1) is 14.1. The van der Waals surface area contributed by atoms with Crippen molar-refractivity contribution >= 4 is 31.6 Å². The number of benzene rings is 2. The van der Waals surface area contributed by atoms with E-state index in [4.69, 9.17) is 4.74 Å². The van der Waals surface area contributed by atoms with Crippen LogP contribution in [0, 0.1) is 24.9 Å². The number of pyridine rings is 1. The minimum absolute atomic E-state index is 0.0182. The summed E-state index contributed by atoms with van der Waals surface area (Å²) in [6.45, 7) is 4.87. The Kier molecular flexibility index (Phi) is 6.33. The lowest BCUT2D eigenvalue weighted by Crippen LogP contribution is -2.33. The van der Waals surface area contributed by atoms with E-state index in [1.165, 1.54) is 19.1 Å². The minimum Gasteiger partial charge on any atom is -0.618 e. The molecular weight excluding hydrogens is 475 g/mol. The number of nitrogens with zero attached hydrogens (tertiary/aromatic N) is 1. The lowest BCUT2D eigenvalue weighted by atomic mass is 10.0. The van der Waals surface area contributed by atoms with Gasteiger partial charge in [-0.3, -0.25) is 4.72 Å². The summed E-state index contributed by atoms with van der Waals surface area (Å²) in [5.74, 6) is -0.295. The van der Waals surface area contributed by atoms with Gasteiger partial charge in [0.05, 0.1) is 5.75 Å². The van der Waals surface area contributed by atoms with Gasteiger partial charge in [-0.25, -0.2) is 12.8 Å². The molecule has 3 rings (SSSR count). The molecule has 0 radical (unpaired) electrons. The summed E-state index contributed by atoms with van der Waals surface area (Å²) >= 11 is 3.21. The monoisotopic (exact) mass is 494 g/mol. The number of rotatable bonds is 6. The first-order valence-corrected chi connectivity index (χ1v) is 11.5. The summed E-state index contributed by atoms with van der Waals surface area (Å²) in [6.07, 6.45) is 0. The maximum Gasteiger partial charge on any atom is 0.232 e. The number of nitrogens with one attached hydrogen (secondary N) is 1. The maximum absolute atomic E-state index is 14.3. The van der Waals surface area contributed by atoms with Gasteiger partial charge in [-0.05, 0) is 48.9 Å². The number of halogens is 2. The van der Waals surface area contributed by atoms with Crippen LogP contribution in [-0.2, 0) is 10.0 Å². The molecule has 0 spiro atoms. The molecule has 1 N–H and O–H groups in total. The average molecular weight is 495 g/mol. The summed E-state index contributed by atoms with van der Waals surface area (Å²) in [6, 6.07) is 12.5. The third kappa shape index (κ3) is 4.91. The van der Waals surface area contributed by atoms with Crippen LogP contribution in [-0.4, -0.2) is 14.2 Å². The lowest BCUT2D eigenvalue weighted by molar-refractivity contribution is -0.619. The molecule has 0 saturated heterocycles. The maximum atomic E-state index is 14.3. The Morgan fingerprint density at radius 2 is 1.70 bits per heavy atom. The largest absolute Gasteiger partial charge is 0.618 e. The van der Waals surface area contributed by atoms with Crippen molar-refractivity contribution in [3.63, 3.8) is 0 Å². The molecular formula is C21H20BrFN2O4S. The molecule has 0 fully saturated rings. The van der Waals surface area contributed by atoms with Gasteiger partial charge in [0.1, 0.15) is 5.75 Å². The number of ether oxygens (including phenoxy) is 1. The number of anilines is 1.